The molecule has 0 bridgehead atoms. The number of hydrogen-bond donors (Lipinski definition) is 0. The molecule has 1 aromatic rings. The van der Waals surface area contributed by atoms with Gasteiger partial charge in [-0.15, -0.1) is 0 Å². The molecular formula is C14H21NO2. The van der Waals surface area contributed by atoms with Crippen molar-refractivity contribution in [3.63, 3.8) is 0 Å². The first kappa shape index (κ1) is 13.6. The third-order valence-corrected chi connectivity index (χ3v) is 2.69. The van der Waals surface area contributed by atoms with Gasteiger partial charge in [0.15, 0.2) is 0 Å². The predicted molar refractivity (Wildman–Crippen MR) is 69.3 cm³/mol. The summed E-state index contributed by atoms with van der Waals surface area (Å²) < 4.78 is 5.73. The molecule has 1 amide bonds. The molecule has 0 aliphatic heterocycles. The fraction of sp³-hybridized carbons (Fsp3) is 0.500. The molecule has 0 aromatic heterocycles. The maximum Gasteiger partial charge on any atom is 0.222 e. The number of carbonyl (C=O) groups is 1. The Balaban J connectivity index is 2.39. The summed E-state index contributed by atoms with van der Waals surface area (Å²) in [5.41, 5.74) is 2.29. The SMILES string of the molecule is Cc1cccc(C)c1OCCCC(=O)N(C)C. The summed E-state index contributed by atoms with van der Waals surface area (Å²) in [4.78, 5) is 13.0. The van der Waals surface area contributed by atoms with E-state index >= 15 is 0 Å². The largest absolute Gasteiger partial charge is 0.493 e. The maximum atomic E-state index is 11.4. The molecule has 1 aromatic carbocycles. The van der Waals surface area contributed by atoms with Gasteiger partial charge in [0.25, 0.3) is 0 Å². The first-order valence-corrected chi connectivity index (χ1v) is 5.91. The molecule has 0 saturated carbocycles. The third kappa shape index (κ3) is 4.10. The van der Waals surface area contributed by atoms with Crippen LogP contribution in [0.1, 0.15) is 24.0 Å². The van der Waals surface area contributed by atoms with Crippen molar-refractivity contribution in [2.24, 2.45) is 0 Å². The minimum Gasteiger partial charge on any atom is -0.493 e. The van der Waals surface area contributed by atoms with Gasteiger partial charge >= 0.3 is 0 Å². The van der Waals surface area contributed by atoms with Crippen molar-refractivity contribution in [3.8, 4) is 5.75 Å². The van der Waals surface area contributed by atoms with E-state index in [9.17, 15) is 4.79 Å². The quantitative estimate of drug-likeness (QED) is 0.734. The Labute approximate surface area is 103 Å². The smallest absolute Gasteiger partial charge is 0.222 e. The van der Waals surface area contributed by atoms with E-state index in [1.807, 2.05) is 32.0 Å². The molecule has 1 rings (SSSR count). The van der Waals surface area contributed by atoms with E-state index in [2.05, 4.69) is 0 Å². The fourth-order valence-corrected chi connectivity index (χ4v) is 1.65. The van der Waals surface area contributed by atoms with E-state index in [0.29, 0.717) is 13.0 Å². The molecule has 3 heteroatoms. The van der Waals surface area contributed by atoms with Gasteiger partial charge in [-0.25, -0.2) is 0 Å². The van der Waals surface area contributed by atoms with E-state index in [1.165, 1.54) is 0 Å². The fourth-order valence-electron chi connectivity index (χ4n) is 1.65. The van der Waals surface area contributed by atoms with Crippen LogP contribution in [0, 0.1) is 13.8 Å². The Morgan fingerprint density at radius 1 is 1.24 bits per heavy atom. The summed E-state index contributed by atoms with van der Waals surface area (Å²) in [5.74, 6) is 1.10. The molecule has 0 aliphatic rings. The highest BCUT2D eigenvalue weighted by molar-refractivity contribution is 5.75. The highest BCUT2D eigenvalue weighted by Gasteiger charge is 2.05. The van der Waals surface area contributed by atoms with E-state index in [4.69, 9.17) is 4.74 Å². The standard InChI is InChI=1S/C14H21NO2/c1-11-7-5-8-12(2)14(11)17-10-6-9-13(16)15(3)4/h5,7-8H,6,9-10H2,1-4H3. The summed E-state index contributed by atoms with van der Waals surface area (Å²) in [6.07, 6.45) is 1.29. The van der Waals surface area contributed by atoms with Gasteiger partial charge < -0.3 is 9.64 Å². The van der Waals surface area contributed by atoms with Gasteiger partial charge in [0.05, 0.1) is 6.61 Å². The summed E-state index contributed by atoms with van der Waals surface area (Å²) in [6.45, 7) is 4.66. The van der Waals surface area contributed by atoms with Crippen LogP contribution in [0.2, 0.25) is 0 Å². The topological polar surface area (TPSA) is 29.5 Å². The van der Waals surface area contributed by atoms with Crippen molar-refractivity contribution >= 4 is 5.91 Å². The summed E-state index contributed by atoms with van der Waals surface area (Å²) in [6, 6.07) is 6.09. The average molecular weight is 235 g/mol. The number of benzene rings is 1. The minimum absolute atomic E-state index is 0.148. The number of amides is 1. The Hall–Kier alpha value is -1.51. The molecule has 0 saturated heterocycles. The zero-order valence-electron chi connectivity index (χ0n) is 11.1. The monoisotopic (exact) mass is 235 g/mol. The van der Waals surface area contributed by atoms with Crippen molar-refractivity contribution in [1.29, 1.82) is 0 Å². The molecule has 0 atom stereocenters. The number of nitrogens with zero attached hydrogens (tertiary/aromatic N) is 1. The molecule has 0 radical (unpaired) electrons. The number of para-hydroxylation sites is 1. The Morgan fingerprint density at radius 2 is 1.82 bits per heavy atom. The van der Waals surface area contributed by atoms with Gasteiger partial charge in [-0.2, -0.15) is 0 Å². The second-order valence-corrected chi connectivity index (χ2v) is 4.46. The lowest BCUT2D eigenvalue weighted by Crippen LogP contribution is -2.21. The second-order valence-electron chi connectivity index (χ2n) is 4.46. The predicted octanol–water partition coefficient (Wildman–Crippen LogP) is 2.55. The lowest BCUT2D eigenvalue weighted by Gasteiger charge is -2.13. The Bertz CT molecular complexity index is 366. The number of rotatable bonds is 5. The Morgan fingerprint density at radius 3 is 2.35 bits per heavy atom. The van der Waals surface area contributed by atoms with Crippen molar-refractivity contribution in [3.05, 3.63) is 29.3 Å². The highest BCUT2D eigenvalue weighted by Crippen LogP contribution is 2.22. The summed E-state index contributed by atoms with van der Waals surface area (Å²) in [5, 5.41) is 0. The molecular weight excluding hydrogens is 214 g/mol. The van der Waals surface area contributed by atoms with Crippen LogP contribution in [0.15, 0.2) is 18.2 Å². The van der Waals surface area contributed by atoms with E-state index in [1.54, 1.807) is 19.0 Å². The summed E-state index contributed by atoms with van der Waals surface area (Å²) in [7, 11) is 3.55. The van der Waals surface area contributed by atoms with Gasteiger partial charge in [0.1, 0.15) is 5.75 Å². The van der Waals surface area contributed by atoms with Gasteiger partial charge in [0, 0.05) is 20.5 Å². The molecule has 0 N–H and O–H groups in total. The van der Waals surface area contributed by atoms with E-state index in [-0.39, 0.29) is 5.91 Å². The number of ether oxygens (including phenoxy) is 1. The number of carbonyl (C=O) groups excluding carboxylic acids is 1. The molecule has 0 heterocycles. The lowest BCUT2D eigenvalue weighted by atomic mass is 10.1. The van der Waals surface area contributed by atoms with Crippen LogP contribution < -0.4 is 4.74 Å². The van der Waals surface area contributed by atoms with E-state index < -0.39 is 0 Å². The molecule has 94 valence electrons. The molecule has 0 spiro atoms. The van der Waals surface area contributed by atoms with Crippen LogP contribution in [0.5, 0.6) is 5.75 Å². The van der Waals surface area contributed by atoms with Gasteiger partial charge in [-0.1, -0.05) is 18.2 Å². The number of hydrogen-bond acceptors (Lipinski definition) is 2. The van der Waals surface area contributed by atoms with Gasteiger partial charge in [0.2, 0.25) is 5.91 Å². The summed E-state index contributed by atoms with van der Waals surface area (Å²) >= 11 is 0. The second kappa shape index (κ2) is 6.28. The van der Waals surface area contributed by atoms with Crippen LogP contribution in [-0.2, 0) is 4.79 Å². The van der Waals surface area contributed by atoms with Gasteiger partial charge in [-0.05, 0) is 31.4 Å². The van der Waals surface area contributed by atoms with Crippen molar-refractivity contribution < 1.29 is 9.53 Å². The van der Waals surface area contributed by atoms with Crippen LogP contribution >= 0.6 is 0 Å². The highest BCUT2D eigenvalue weighted by atomic mass is 16.5. The maximum absolute atomic E-state index is 11.4. The van der Waals surface area contributed by atoms with Crippen LogP contribution in [0.3, 0.4) is 0 Å². The molecule has 17 heavy (non-hydrogen) atoms. The minimum atomic E-state index is 0.148. The first-order valence-electron chi connectivity index (χ1n) is 5.91. The van der Waals surface area contributed by atoms with Crippen molar-refractivity contribution in [2.75, 3.05) is 20.7 Å². The van der Waals surface area contributed by atoms with Crippen molar-refractivity contribution in [1.82, 2.24) is 4.90 Å². The molecule has 0 unspecified atom stereocenters. The average Bonchev–Trinajstić information content (AvgIpc) is 2.27. The third-order valence-electron chi connectivity index (χ3n) is 2.69. The first-order chi connectivity index (χ1) is 8.02. The number of aryl methyl sites for hydroxylation is 2. The molecule has 3 nitrogen and oxygen atoms in total. The zero-order valence-corrected chi connectivity index (χ0v) is 11.1. The van der Waals surface area contributed by atoms with Crippen LogP contribution in [0.4, 0.5) is 0 Å². The molecule has 0 fully saturated rings. The lowest BCUT2D eigenvalue weighted by molar-refractivity contribution is -0.128. The van der Waals surface area contributed by atoms with Crippen LogP contribution in [-0.4, -0.2) is 31.5 Å². The van der Waals surface area contributed by atoms with Crippen LogP contribution in [0.25, 0.3) is 0 Å². The normalized spacial score (nSPS) is 10.1. The van der Waals surface area contributed by atoms with E-state index in [0.717, 1.165) is 23.3 Å². The van der Waals surface area contributed by atoms with Gasteiger partial charge in [-0.3, -0.25) is 4.79 Å². The van der Waals surface area contributed by atoms with Crippen molar-refractivity contribution in [2.45, 2.75) is 26.7 Å². The molecule has 0 aliphatic carbocycles. The Kier molecular flexibility index (Phi) is 5.01. The zero-order chi connectivity index (χ0) is 12.8.